The Kier molecular flexibility index (Phi) is 7.01. The minimum atomic E-state index is -0.446. The molecular formula is C16H22N4O3S2. The molecule has 2 rings (SSSR count). The number of hydrogen-bond acceptors (Lipinski definition) is 7. The summed E-state index contributed by atoms with van der Waals surface area (Å²) < 4.78 is 7.00. The van der Waals surface area contributed by atoms with Gasteiger partial charge in [-0.15, -0.1) is 21.5 Å². The summed E-state index contributed by atoms with van der Waals surface area (Å²) in [5, 5.41) is 11.0. The molecule has 0 atom stereocenters. The number of likely N-dealkylation sites (N-methyl/N-ethyl adjacent to an activating group) is 1. The van der Waals surface area contributed by atoms with Crippen LogP contribution in [0.1, 0.15) is 20.8 Å². The van der Waals surface area contributed by atoms with E-state index in [9.17, 15) is 9.59 Å². The second kappa shape index (κ2) is 9.00. The van der Waals surface area contributed by atoms with Gasteiger partial charge in [0.25, 0.3) is 5.91 Å². The maximum absolute atomic E-state index is 11.9. The Bertz CT molecular complexity index is 713. The molecule has 2 aromatic rings. The third-order valence-electron chi connectivity index (χ3n) is 3.62. The summed E-state index contributed by atoms with van der Waals surface area (Å²) in [5.74, 6) is 0.215. The average Bonchev–Trinajstić information content (AvgIpc) is 3.25. The Labute approximate surface area is 155 Å². The molecule has 0 saturated heterocycles. The molecule has 0 aliphatic carbocycles. The summed E-state index contributed by atoms with van der Waals surface area (Å²) in [6.07, 6.45) is 0. The van der Waals surface area contributed by atoms with Gasteiger partial charge in [0.15, 0.2) is 17.6 Å². The van der Waals surface area contributed by atoms with Gasteiger partial charge in [0.05, 0.1) is 10.6 Å². The molecule has 0 N–H and O–H groups in total. The van der Waals surface area contributed by atoms with Crippen LogP contribution in [0.4, 0.5) is 0 Å². The number of hydrogen-bond donors (Lipinski definition) is 0. The maximum atomic E-state index is 11.9. The zero-order chi connectivity index (χ0) is 18.4. The summed E-state index contributed by atoms with van der Waals surface area (Å²) in [5.41, 5.74) is 0. The van der Waals surface area contributed by atoms with Gasteiger partial charge in [-0.25, -0.2) is 0 Å². The van der Waals surface area contributed by atoms with Gasteiger partial charge in [0.2, 0.25) is 0 Å². The highest BCUT2D eigenvalue weighted by molar-refractivity contribution is 7.99. The molecule has 2 aromatic heterocycles. The molecule has 7 nitrogen and oxygen atoms in total. The zero-order valence-electron chi connectivity index (χ0n) is 14.8. The van der Waals surface area contributed by atoms with Gasteiger partial charge in [-0.1, -0.05) is 17.8 Å². The van der Waals surface area contributed by atoms with Crippen molar-refractivity contribution in [3.63, 3.8) is 0 Å². The third-order valence-corrected chi connectivity index (χ3v) is 5.42. The van der Waals surface area contributed by atoms with E-state index in [0.29, 0.717) is 11.7 Å². The number of esters is 1. The number of thioether (sulfide) groups is 1. The third kappa shape index (κ3) is 5.05. The van der Waals surface area contributed by atoms with Crippen LogP contribution in [0.2, 0.25) is 0 Å². The zero-order valence-corrected chi connectivity index (χ0v) is 16.4. The van der Waals surface area contributed by atoms with Gasteiger partial charge < -0.3 is 14.2 Å². The number of amides is 1. The van der Waals surface area contributed by atoms with Crippen LogP contribution >= 0.6 is 23.1 Å². The molecule has 0 aliphatic rings. The van der Waals surface area contributed by atoms with Gasteiger partial charge >= 0.3 is 5.97 Å². The van der Waals surface area contributed by atoms with E-state index in [4.69, 9.17) is 4.74 Å². The molecule has 0 aliphatic heterocycles. The molecule has 0 aromatic carbocycles. The fourth-order valence-electron chi connectivity index (χ4n) is 1.97. The fourth-order valence-corrected chi connectivity index (χ4v) is 3.48. The van der Waals surface area contributed by atoms with Crippen molar-refractivity contribution in [3.05, 3.63) is 17.5 Å². The predicted octanol–water partition coefficient (Wildman–Crippen LogP) is 2.53. The molecule has 25 heavy (non-hydrogen) atoms. The van der Waals surface area contributed by atoms with E-state index in [2.05, 4.69) is 10.2 Å². The van der Waals surface area contributed by atoms with Crippen molar-refractivity contribution in [2.24, 2.45) is 0 Å². The van der Waals surface area contributed by atoms with Gasteiger partial charge in [-0.3, -0.25) is 9.59 Å². The highest BCUT2D eigenvalue weighted by atomic mass is 32.2. The Balaban J connectivity index is 1.89. The van der Waals surface area contributed by atoms with Gasteiger partial charge in [0, 0.05) is 19.6 Å². The van der Waals surface area contributed by atoms with E-state index < -0.39 is 5.97 Å². The Hall–Kier alpha value is -1.87. The number of rotatable bonds is 8. The molecule has 0 saturated carbocycles. The summed E-state index contributed by atoms with van der Waals surface area (Å²) in [7, 11) is 1.69. The van der Waals surface area contributed by atoms with Crippen molar-refractivity contribution in [2.45, 2.75) is 38.5 Å². The SMILES string of the molecule is CCn1c(SCC(=O)OCC(=O)N(C)C(C)C)nnc1-c1cccs1. The van der Waals surface area contributed by atoms with Crippen LogP contribution in [0.5, 0.6) is 0 Å². The second-order valence-corrected chi connectivity index (χ2v) is 7.47. The molecule has 0 fully saturated rings. The molecule has 2 heterocycles. The highest BCUT2D eigenvalue weighted by Gasteiger charge is 2.17. The molecule has 0 unspecified atom stereocenters. The van der Waals surface area contributed by atoms with Gasteiger partial charge in [0.1, 0.15) is 0 Å². The Morgan fingerprint density at radius 3 is 2.76 bits per heavy atom. The lowest BCUT2D eigenvalue weighted by Crippen LogP contribution is -2.36. The predicted molar refractivity (Wildman–Crippen MR) is 98.6 cm³/mol. The number of ether oxygens (including phenoxy) is 1. The normalized spacial score (nSPS) is 10.9. The summed E-state index contributed by atoms with van der Waals surface area (Å²) in [6, 6.07) is 4.02. The van der Waals surface area contributed by atoms with E-state index >= 15 is 0 Å². The largest absolute Gasteiger partial charge is 0.455 e. The first-order valence-corrected chi connectivity index (χ1v) is 9.81. The van der Waals surface area contributed by atoms with Crippen LogP contribution in [0.25, 0.3) is 10.7 Å². The Morgan fingerprint density at radius 1 is 1.40 bits per heavy atom. The van der Waals surface area contributed by atoms with E-state index in [0.717, 1.165) is 10.7 Å². The lowest BCUT2D eigenvalue weighted by Gasteiger charge is -2.20. The van der Waals surface area contributed by atoms with E-state index in [1.54, 1.807) is 23.3 Å². The van der Waals surface area contributed by atoms with Crippen LogP contribution in [0.15, 0.2) is 22.7 Å². The number of carbonyl (C=O) groups excluding carboxylic acids is 2. The lowest BCUT2D eigenvalue weighted by atomic mass is 10.3. The van der Waals surface area contributed by atoms with Crippen LogP contribution in [-0.4, -0.2) is 57.0 Å². The molecule has 0 radical (unpaired) electrons. The van der Waals surface area contributed by atoms with E-state index in [-0.39, 0.29) is 24.3 Å². The summed E-state index contributed by atoms with van der Waals surface area (Å²) in [6.45, 7) is 6.27. The smallest absolute Gasteiger partial charge is 0.316 e. The first kappa shape index (κ1) is 19.5. The Morgan fingerprint density at radius 2 is 2.16 bits per heavy atom. The van der Waals surface area contributed by atoms with E-state index in [1.165, 1.54) is 11.8 Å². The van der Waals surface area contributed by atoms with Crippen molar-refractivity contribution < 1.29 is 14.3 Å². The van der Waals surface area contributed by atoms with Crippen LogP contribution in [-0.2, 0) is 20.9 Å². The van der Waals surface area contributed by atoms with Crippen molar-refractivity contribution in [1.82, 2.24) is 19.7 Å². The van der Waals surface area contributed by atoms with Gasteiger partial charge in [-0.2, -0.15) is 0 Å². The number of aromatic nitrogens is 3. The molecule has 0 spiro atoms. The number of thiophene rings is 1. The molecule has 9 heteroatoms. The maximum Gasteiger partial charge on any atom is 0.316 e. The summed E-state index contributed by atoms with van der Waals surface area (Å²) in [4.78, 5) is 26.3. The number of nitrogens with zero attached hydrogens (tertiary/aromatic N) is 4. The van der Waals surface area contributed by atoms with Crippen molar-refractivity contribution in [1.29, 1.82) is 0 Å². The lowest BCUT2D eigenvalue weighted by molar-refractivity contribution is -0.150. The quantitative estimate of drug-likeness (QED) is 0.516. The van der Waals surface area contributed by atoms with Crippen molar-refractivity contribution in [3.8, 4) is 10.7 Å². The minimum Gasteiger partial charge on any atom is -0.455 e. The highest BCUT2D eigenvalue weighted by Crippen LogP contribution is 2.27. The first-order chi connectivity index (χ1) is 11.9. The fraction of sp³-hybridized carbons (Fsp3) is 0.500. The van der Waals surface area contributed by atoms with Crippen molar-refractivity contribution in [2.75, 3.05) is 19.4 Å². The monoisotopic (exact) mass is 382 g/mol. The molecular weight excluding hydrogens is 360 g/mol. The second-order valence-electron chi connectivity index (χ2n) is 5.58. The van der Waals surface area contributed by atoms with Crippen molar-refractivity contribution >= 4 is 35.0 Å². The number of carbonyl (C=O) groups is 2. The molecule has 136 valence electrons. The topological polar surface area (TPSA) is 77.3 Å². The standard InChI is InChI=1S/C16H22N4O3S2/c1-5-20-15(12-7-6-8-24-12)17-18-16(20)25-10-14(22)23-9-13(21)19(4)11(2)3/h6-8,11H,5,9-10H2,1-4H3. The average molecular weight is 383 g/mol. The first-order valence-electron chi connectivity index (χ1n) is 7.95. The minimum absolute atomic E-state index is 0.0688. The molecule has 1 amide bonds. The van der Waals surface area contributed by atoms with Gasteiger partial charge in [-0.05, 0) is 32.2 Å². The van der Waals surface area contributed by atoms with Crippen LogP contribution < -0.4 is 0 Å². The van der Waals surface area contributed by atoms with E-state index in [1.807, 2.05) is 42.9 Å². The van der Waals surface area contributed by atoms with Crippen LogP contribution in [0, 0.1) is 0 Å². The molecule has 0 bridgehead atoms. The summed E-state index contributed by atoms with van der Waals surface area (Å²) >= 11 is 2.85. The van der Waals surface area contributed by atoms with Crippen LogP contribution in [0.3, 0.4) is 0 Å².